The molecule has 1 amide bonds. The second-order valence-corrected chi connectivity index (χ2v) is 9.22. The molecule has 2 aliphatic rings. The minimum atomic E-state index is -0.197. The summed E-state index contributed by atoms with van der Waals surface area (Å²) in [6.45, 7) is 1.98. The molecule has 0 saturated carbocycles. The van der Waals surface area contributed by atoms with E-state index < -0.39 is 0 Å². The highest BCUT2D eigenvalue weighted by Gasteiger charge is 2.25. The van der Waals surface area contributed by atoms with Gasteiger partial charge in [0, 0.05) is 29.7 Å². The third kappa shape index (κ3) is 4.29. The molecule has 1 N–H and O–H groups in total. The van der Waals surface area contributed by atoms with Crippen LogP contribution in [0, 0.1) is 0 Å². The molecule has 2 aromatic rings. The summed E-state index contributed by atoms with van der Waals surface area (Å²) in [4.78, 5) is 19.5. The monoisotopic (exact) mass is 529 g/mol. The van der Waals surface area contributed by atoms with Crippen LogP contribution in [0.25, 0.3) is 6.08 Å². The number of benzene rings is 1. The summed E-state index contributed by atoms with van der Waals surface area (Å²) in [5.74, 6) is 1.26. The zero-order chi connectivity index (χ0) is 19.0. The summed E-state index contributed by atoms with van der Waals surface area (Å²) in [7, 11) is 0. The van der Waals surface area contributed by atoms with Crippen molar-refractivity contribution < 1.29 is 9.21 Å². The minimum absolute atomic E-state index is 0.197. The first-order chi connectivity index (χ1) is 13.0. The van der Waals surface area contributed by atoms with Crippen molar-refractivity contribution in [3.63, 3.8) is 0 Å². The van der Waals surface area contributed by atoms with Crippen LogP contribution in [-0.4, -0.2) is 24.2 Å². The lowest BCUT2D eigenvalue weighted by Gasteiger charge is -2.13. The number of aliphatic imine (C=N–C) groups is 1. The quantitative estimate of drug-likeness (QED) is 0.498. The van der Waals surface area contributed by atoms with Gasteiger partial charge in [0.2, 0.25) is 5.88 Å². The number of amidine groups is 1. The second-order valence-electron chi connectivity index (χ2n) is 6.08. The van der Waals surface area contributed by atoms with Gasteiger partial charge in [-0.15, -0.1) is 0 Å². The summed E-state index contributed by atoms with van der Waals surface area (Å²) in [5, 5.41) is 3.85. The fourth-order valence-corrected chi connectivity index (χ4v) is 4.67. The Kier molecular flexibility index (Phi) is 5.68. The van der Waals surface area contributed by atoms with Crippen molar-refractivity contribution in [2.24, 2.45) is 4.99 Å². The number of hydrogen-bond acceptors (Lipinski definition) is 5. The first kappa shape index (κ1) is 19.1. The fraction of sp³-hybridized carbons (Fsp3) is 0.222. The number of nitrogens with zero attached hydrogens (tertiary/aromatic N) is 2. The van der Waals surface area contributed by atoms with Gasteiger partial charge in [0.15, 0.2) is 5.17 Å². The lowest BCUT2D eigenvalue weighted by atomic mass is 10.3. The van der Waals surface area contributed by atoms with E-state index in [9.17, 15) is 4.79 Å². The molecular formula is C18H14Br2ClN3O2S. The Labute approximate surface area is 182 Å². The Bertz CT molecular complexity index is 968. The van der Waals surface area contributed by atoms with Gasteiger partial charge < -0.3 is 14.6 Å². The number of thioether (sulfide) groups is 1. The van der Waals surface area contributed by atoms with Crippen LogP contribution in [-0.2, 0) is 4.79 Å². The highest BCUT2D eigenvalue weighted by atomic mass is 79.9. The number of carbonyl (C=O) groups is 1. The van der Waals surface area contributed by atoms with Crippen molar-refractivity contribution in [1.82, 2.24) is 5.32 Å². The lowest BCUT2D eigenvalue weighted by Crippen LogP contribution is -2.19. The number of carbonyl (C=O) groups excluding carboxylic acids is 1. The number of amides is 1. The van der Waals surface area contributed by atoms with Gasteiger partial charge in [-0.05, 0) is 74.7 Å². The van der Waals surface area contributed by atoms with Crippen LogP contribution in [0.2, 0.25) is 5.02 Å². The molecule has 9 heteroatoms. The van der Waals surface area contributed by atoms with Crippen LogP contribution in [0.4, 0.5) is 11.6 Å². The largest absolute Gasteiger partial charge is 0.440 e. The number of nitrogens with one attached hydrogen (secondary N) is 1. The van der Waals surface area contributed by atoms with Crippen LogP contribution in [0.3, 0.4) is 0 Å². The molecule has 2 aliphatic heterocycles. The maximum atomic E-state index is 12.3. The Morgan fingerprint density at radius 2 is 2.00 bits per heavy atom. The molecule has 0 bridgehead atoms. The molecule has 5 nitrogen and oxygen atoms in total. The number of hydrogen-bond donors (Lipinski definition) is 1. The van der Waals surface area contributed by atoms with Crippen molar-refractivity contribution in [3.05, 3.63) is 48.9 Å². The van der Waals surface area contributed by atoms with Crippen LogP contribution < -0.4 is 10.2 Å². The Morgan fingerprint density at radius 1 is 1.22 bits per heavy atom. The van der Waals surface area contributed by atoms with Gasteiger partial charge in [-0.2, -0.15) is 0 Å². The van der Waals surface area contributed by atoms with Crippen LogP contribution in [0.1, 0.15) is 18.6 Å². The van der Waals surface area contributed by atoms with Gasteiger partial charge in [-0.3, -0.25) is 4.79 Å². The molecule has 3 heterocycles. The van der Waals surface area contributed by atoms with Crippen LogP contribution in [0.5, 0.6) is 0 Å². The maximum absolute atomic E-state index is 12.3. The third-order valence-electron chi connectivity index (χ3n) is 4.14. The van der Waals surface area contributed by atoms with Crippen LogP contribution >= 0.6 is 55.2 Å². The highest BCUT2D eigenvalue weighted by molar-refractivity contribution is 9.11. The summed E-state index contributed by atoms with van der Waals surface area (Å²) < 4.78 is 7.64. The van der Waals surface area contributed by atoms with Gasteiger partial charge in [-0.1, -0.05) is 11.6 Å². The van der Waals surface area contributed by atoms with E-state index in [0.717, 1.165) is 27.9 Å². The van der Waals surface area contributed by atoms with E-state index in [0.29, 0.717) is 26.5 Å². The normalized spacial score (nSPS) is 20.1. The summed E-state index contributed by atoms with van der Waals surface area (Å²) >= 11 is 14.3. The van der Waals surface area contributed by atoms with Gasteiger partial charge in [0.25, 0.3) is 5.91 Å². The van der Waals surface area contributed by atoms with Crippen molar-refractivity contribution in [3.8, 4) is 0 Å². The maximum Gasteiger partial charge on any atom is 0.264 e. The molecule has 2 saturated heterocycles. The van der Waals surface area contributed by atoms with Gasteiger partial charge in [0.1, 0.15) is 5.76 Å². The number of halogens is 3. The molecule has 4 rings (SSSR count). The minimum Gasteiger partial charge on any atom is -0.440 e. The van der Waals surface area contributed by atoms with Gasteiger partial charge in [-0.25, -0.2) is 4.99 Å². The van der Waals surface area contributed by atoms with E-state index in [4.69, 9.17) is 16.0 Å². The second kappa shape index (κ2) is 8.03. The van der Waals surface area contributed by atoms with E-state index in [1.54, 1.807) is 12.1 Å². The Balaban J connectivity index is 1.54. The standard InChI is InChI=1S/C18H14Br2ClN3O2S/c19-12-4-3-10(7-14(12)21)22-18-23-16(25)15(27-18)9-11-8-13(20)17(26-11)24-5-1-2-6-24/h3-4,7-9H,1-2,5-6H2,(H,22,23,25)/b15-9-. The van der Waals surface area contributed by atoms with Gasteiger partial charge in [0.05, 0.1) is 20.1 Å². The van der Waals surface area contributed by atoms with Crippen molar-refractivity contribution in [2.45, 2.75) is 12.8 Å². The topological polar surface area (TPSA) is 57.8 Å². The molecule has 27 heavy (non-hydrogen) atoms. The van der Waals surface area contributed by atoms with Crippen molar-refractivity contribution >= 4 is 83.9 Å². The predicted octanol–water partition coefficient (Wildman–Crippen LogP) is 5.95. The molecule has 140 valence electrons. The third-order valence-corrected chi connectivity index (χ3v) is 6.85. The van der Waals surface area contributed by atoms with E-state index in [1.807, 2.05) is 18.2 Å². The average molecular weight is 532 g/mol. The fourth-order valence-electron chi connectivity index (χ4n) is 2.86. The molecule has 1 aromatic carbocycles. The molecule has 0 spiro atoms. The van der Waals surface area contributed by atoms with Crippen molar-refractivity contribution in [2.75, 3.05) is 18.0 Å². The SMILES string of the molecule is O=C1NC(=Nc2ccc(Br)c(Cl)c2)S/C1=C\c1cc(Br)c(N2CCCC2)o1. The molecule has 0 radical (unpaired) electrons. The number of furan rings is 1. The number of anilines is 1. The molecular weight excluding hydrogens is 518 g/mol. The molecule has 0 aliphatic carbocycles. The Morgan fingerprint density at radius 3 is 2.74 bits per heavy atom. The van der Waals surface area contributed by atoms with Crippen LogP contribution in [0.15, 0.2) is 47.5 Å². The summed E-state index contributed by atoms with van der Waals surface area (Å²) in [6, 6.07) is 7.26. The first-order valence-electron chi connectivity index (χ1n) is 8.28. The zero-order valence-corrected chi connectivity index (χ0v) is 18.7. The van der Waals surface area contributed by atoms with E-state index in [2.05, 4.69) is 47.1 Å². The zero-order valence-electron chi connectivity index (χ0n) is 14.0. The Hall–Kier alpha value is -1.22. The lowest BCUT2D eigenvalue weighted by molar-refractivity contribution is -0.115. The molecule has 2 fully saturated rings. The smallest absolute Gasteiger partial charge is 0.264 e. The van der Waals surface area contributed by atoms with E-state index in [-0.39, 0.29) is 5.91 Å². The predicted molar refractivity (Wildman–Crippen MR) is 118 cm³/mol. The summed E-state index contributed by atoms with van der Waals surface area (Å²) in [6.07, 6.45) is 4.07. The van der Waals surface area contributed by atoms with E-state index >= 15 is 0 Å². The number of rotatable bonds is 3. The highest BCUT2D eigenvalue weighted by Crippen LogP contribution is 2.35. The first-order valence-corrected chi connectivity index (χ1v) is 11.1. The molecule has 1 aromatic heterocycles. The van der Waals surface area contributed by atoms with Crippen molar-refractivity contribution in [1.29, 1.82) is 0 Å². The van der Waals surface area contributed by atoms with E-state index in [1.165, 1.54) is 24.6 Å². The summed E-state index contributed by atoms with van der Waals surface area (Å²) in [5.41, 5.74) is 0.671. The average Bonchev–Trinajstić information content (AvgIpc) is 3.33. The molecule has 0 atom stereocenters. The molecule has 0 unspecified atom stereocenters. The van der Waals surface area contributed by atoms with Gasteiger partial charge >= 0.3 is 0 Å².